The van der Waals surface area contributed by atoms with Gasteiger partial charge in [-0.2, -0.15) is 0 Å². The number of rotatable bonds is 10. The normalized spacial score (nSPS) is 18.6. The molecule has 4 aromatic carbocycles. The van der Waals surface area contributed by atoms with Crippen molar-refractivity contribution in [3.63, 3.8) is 0 Å². The van der Waals surface area contributed by atoms with Gasteiger partial charge >= 0.3 is 5.69 Å². The maximum absolute atomic E-state index is 13.4. The van der Waals surface area contributed by atoms with Crippen LogP contribution in [0, 0.1) is 5.92 Å². The summed E-state index contributed by atoms with van der Waals surface area (Å²) in [6.07, 6.45) is 0.149. The predicted molar refractivity (Wildman–Crippen MR) is 206 cm³/mol. The zero-order valence-corrected chi connectivity index (χ0v) is 31.8. The molecule has 2 heterocycles. The molecule has 7 nitrogen and oxygen atoms in total. The summed E-state index contributed by atoms with van der Waals surface area (Å²) in [5.41, 5.74) is -0.993. The van der Waals surface area contributed by atoms with Crippen molar-refractivity contribution in [3.05, 3.63) is 154 Å². The van der Waals surface area contributed by atoms with Crippen LogP contribution in [0.2, 0.25) is 10.1 Å². The third-order valence-corrected chi connectivity index (χ3v) is 20.0. The second kappa shape index (κ2) is 14.2. The molecule has 3 atom stereocenters. The molecule has 0 bridgehead atoms. The number of nitrogens with zero attached hydrogens (tertiary/aromatic N) is 1. The maximum atomic E-state index is 13.4. The van der Waals surface area contributed by atoms with E-state index in [-0.39, 0.29) is 16.0 Å². The Hall–Kier alpha value is -4.13. The summed E-state index contributed by atoms with van der Waals surface area (Å²) in [5, 5.41) is 4.10. The van der Waals surface area contributed by atoms with Gasteiger partial charge in [0.15, 0.2) is 6.23 Å². The molecule has 0 amide bonds. The van der Waals surface area contributed by atoms with Crippen LogP contribution in [-0.4, -0.2) is 45.5 Å². The minimum Gasteiger partial charge on any atom is -0.407 e. The van der Waals surface area contributed by atoms with Crippen LogP contribution in [0.5, 0.6) is 0 Å². The van der Waals surface area contributed by atoms with Gasteiger partial charge in [-0.3, -0.25) is 14.3 Å². The van der Waals surface area contributed by atoms with Crippen molar-refractivity contribution in [2.45, 2.75) is 64.0 Å². The van der Waals surface area contributed by atoms with Crippen molar-refractivity contribution >= 4 is 37.4 Å². The molecular formula is C41H48N2O5Si2. The van der Waals surface area contributed by atoms with Crippen molar-refractivity contribution in [3.8, 4) is 0 Å². The highest BCUT2D eigenvalue weighted by Crippen LogP contribution is 2.43. The Bertz CT molecular complexity index is 1890. The molecule has 0 aliphatic carbocycles. The number of aromatic amines is 1. The van der Waals surface area contributed by atoms with E-state index < -0.39 is 40.2 Å². The standard InChI is InChI=1S/C41H48N2O5Si2/c1-40(2,3)49(32-19-11-7-12-20-32,33-21-13-8-14-22-33)47-30-31-29-46-38(43-28-27-36(44)42-39(43)45)37(31)48-50(41(4,5)6,34-23-15-9-16-24-34)35-25-17-10-18-26-35/h7-28,31,37-38H,29-30H2,1-6H3,(H,42,44,45)/t31-,37-,38-/m1/s1. The van der Waals surface area contributed by atoms with E-state index in [1.807, 2.05) is 24.3 Å². The Morgan fingerprint density at radius 1 is 0.660 bits per heavy atom. The van der Waals surface area contributed by atoms with Gasteiger partial charge in [0, 0.05) is 24.8 Å². The zero-order chi connectivity index (χ0) is 35.6. The molecule has 1 aliphatic rings. The summed E-state index contributed by atoms with van der Waals surface area (Å²) in [5.74, 6) is -0.234. The first kappa shape index (κ1) is 35.7. The molecule has 6 rings (SSSR count). The van der Waals surface area contributed by atoms with Crippen molar-refractivity contribution in [2.75, 3.05) is 13.2 Å². The van der Waals surface area contributed by atoms with Gasteiger partial charge in [0.05, 0.1) is 12.7 Å². The Kier molecular flexibility index (Phi) is 10.2. The molecule has 1 aliphatic heterocycles. The molecule has 0 unspecified atom stereocenters. The molecule has 1 saturated heterocycles. The highest BCUT2D eigenvalue weighted by atomic mass is 28.4. The minimum atomic E-state index is -3.11. The molecule has 0 spiro atoms. The SMILES string of the molecule is CC(C)(C)[Si](OC[C@H]1CO[C@@H](n2ccc(=O)[nH]c2=O)[C@@H]1O[Si](c1ccccc1)(c1ccccc1)C(C)(C)C)(c1ccccc1)c1ccccc1. The lowest BCUT2D eigenvalue weighted by atomic mass is 10.1. The highest BCUT2D eigenvalue weighted by Gasteiger charge is 2.56. The highest BCUT2D eigenvalue weighted by molar-refractivity contribution is 7.00. The van der Waals surface area contributed by atoms with Crippen LogP contribution in [0.1, 0.15) is 47.8 Å². The molecule has 9 heteroatoms. The first-order chi connectivity index (χ1) is 23.9. The lowest BCUT2D eigenvalue weighted by Gasteiger charge is -2.47. The third kappa shape index (κ3) is 6.56. The third-order valence-electron chi connectivity index (χ3n) is 10.0. The van der Waals surface area contributed by atoms with Crippen LogP contribution >= 0.6 is 0 Å². The molecule has 1 N–H and O–H groups in total. The van der Waals surface area contributed by atoms with E-state index in [0.29, 0.717) is 13.2 Å². The van der Waals surface area contributed by atoms with Gasteiger partial charge in [-0.1, -0.05) is 163 Å². The lowest BCUT2D eigenvalue weighted by Crippen LogP contribution is -2.69. The molecule has 50 heavy (non-hydrogen) atoms. The molecule has 0 radical (unpaired) electrons. The van der Waals surface area contributed by atoms with Gasteiger partial charge in [0.25, 0.3) is 22.2 Å². The average Bonchev–Trinajstić information content (AvgIpc) is 3.49. The monoisotopic (exact) mass is 704 g/mol. The largest absolute Gasteiger partial charge is 0.407 e. The fraction of sp³-hybridized carbons (Fsp3) is 0.317. The Balaban J connectivity index is 1.51. The average molecular weight is 705 g/mol. The van der Waals surface area contributed by atoms with Crippen LogP contribution in [0.15, 0.2) is 143 Å². The number of H-pyrrole nitrogens is 1. The summed E-state index contributed by atoms with van der Waals surface area (Å²) in [6, 6.07) is 43.5. The number of ether oxygens (including phenoxy) is 1. The van der Waals surface area contributed by atoms with Gasteiger partial charge < -0.3 is 13.6 Å². The van der Waals surface area contributed by atoms with Crippen LogP contribution in [-0.2, 0) is 13.6 Å². The Labute approximate surface area is 297 Å². The van der Waals surface area contributed by atoms with E-state index in [1.54, 1.807) is 0 Å². The zero-order valence-electron chi connectivity index (χ0n) is 29.8. The number of aromatic nitrogens is 2. The van der Waals surface area contributed by atoms with Crippen LogP contribution in [0.25, 0.3) is 0 Å². The van der Waals surface area contributed by atoms with Crippen molar-refractivity contribution < 1.29 is 13.6 Å². The van der Waals surface area contributed by atoms with Gasteiger partial charge in [-0.25, -0.2) is 4.79 Å². The van der Waals surface area contributed by atoms with Gasteiger partial charge in [0.1, 0.15) is 0 Å². The molecular weight excluding hydrogens is 657 g/mol. The number of hydrogen-bond acceptors (Lipinski definition) is 5. The van der Waals surface area contributed by atoms with E-state index in [9.17, 15) is 9.59 Å². The molecule has 0 saturated carbocycles. The van der Waals surface area contributed by atoms with Gasteiger partial charge in [0.2, 0.25) is 0 Å². The molecule has 260 valence electrons. The van der Waals surface area contributed by atoms with Crippen molar-refractivity contribution in [1.29, 1.82) is 0 Å². The van der Waals surface area contributed by atoms with Crippen LogP contribution in [0.4, 0.5) is 0 Å². The van der Waals surface area contributed by atoms with E-state index in [1.165, 1.54) is 27.2 Å². The summed E-state index contributed by atoms with van der Waals surface area (Å²) in [7, 11) is -6.02. The van der Waals surface area contributed by atoms with Crippen molar-refractivity contribution in [1.82, 2.24) is 9.55 Å². The minimum absolute atomic E-state index is 0.223. The number of benzene rings is 4. The van der Waals surface area contributed by atoms with Gasteiger partial charge in [-0.15, -0.1) is 0 Å². The van der Waals surface area contributed by atoms with Crippen molar-refractivity contribution in [2.24, 2.45) is 5.92 Å². The van der Waals surface area contributed by atoms with Gasteiger partial charge in [-0.05, 0) is 30.8 Å². The smallest absolute Gasteiger partial charge is 0.330 e. The quantitative estimate of drug-likeness (QED) is 0.202. The molecule has 1 aromatic heterocycles. The Morgan fingerprint density at radius 2 is 1.08 bits per heavy atom. The van der Waals surface area contributed by atoms with Crippen LogP contribution in [0.3, 0.4) is 0 Å². The first-order valence-electron chi connectivity index (χ1n) is 17.4. The maximum Gasteiger partial charge on any atom is 0.330 e. The fourth-order valence-corrected chi connectivity index (χ4v) is 17.0. The number of hydrogen-bond donors (Lipinski definition) is 1. The lowest BCUT2D eigenvalue weighted by molar-refractivity contribution is -0.00855. The fourth-order valence-electron chi connectivity index (χ4n) is 7.70. The summed E-state index contributed by atoms with van der Waals surface area (Å²) < 4.78 is 23.3. The van der Waals surface area contributed by atoms with E-state index >= 15 is 0 Å². The summed E-state index contributed by atoms with van der Waals surface area (Å²) >= 11 is 0. The second-order valence-electron chi connectivity index (χ2n) is 15.2. The van der Waals surface area contributed by atoms with Crippen LogP contribution < -0.4 is 32.0 Å². The molecule has 1 fully saturated rings. The van der Waals surface area contributed by atoms with E-state index in [4.69, 9.17) is 13.6 Å². The summed E-state index contributed by atoms with van der Waals surface area (Å²) in [4.78, 5) is 27.9. The molecule has 5 aromatic rings. The first-order valence-corrected chi connectivity index (χ1v) is 21.2. The Morgan fingerprint density at radius 3 is 1.48 bits per heavy atom. The van der Waals surface area contributed by atoms with E-state index in [2.05, 4.69) is 144 Å². The number of nitrogens with one attached hydrogen (secondary N) is 1. The second-order valence-corrected chi connectivity index (χ2v) is 23.8. The summed E-state index contributed by atoms with van der Waals surface area (Å²) in [6.45, 7) is 14.2. The van der Waals surface area contributed by atoms with E-state index in [0.717, 1.165) is 10.4 Å². The predicted octanol–water partition coefficient (Wildman–Crippen LogP) is 5.20. The topological polar surface area (TPSA) is 82.5 Å².